The first-order chi connectivity index (χ1) is 4.73. The first kappa shape index (κ1) is 13.0. The SMILES string of the molecule is CC(=O)[O-].[IH2+].c1ccccc1. The molecule has 0 heterocycles. The normalized spacial score (nSPS) is 6.64. The van der Waals surface area contributed by atoms with Crippen molar-refractivity contribution in [2.24, 2.45) is 0 Å². The van der Waals surface area contributed by atoms with Crippen LogP contribution in [0.15, 0.2) is 36.4 Å². The molecule has 0 aliphatic carbocycles. The molecular formula is C8H11IO2. The molecule has 0 aliphatic heterocycles. The zero-order valence-corrected chi connectivity index (χ0v) is 8.78. The molecule has 0 aromatic heterocycles. The number of hydrogen-bond acceptors (Lipinski definition) is 2. The zero-order chi connectivity index (χ0) is 7.82. The molecule has 0 saturated carbocycles. The first-order valence-electron chi connectivity index (χ1n) is 2.91. The zero-order valence-electron chi connectivity index (χ0n) is 6.23. The Morgan fingerprint density at radius 2 is 1.09 bits per heavy atom. The van der Waals surface area contributed by atoms with E-state index in [1.807, 2.05) is 36.4 Å². The van der Waals surface area contributed by atoms with Gasteiger partial charge in [0.2, 0.25) is 24.0 Å². The van der Waals surface area contributed by atoms with Gasteiger partial charge in [-0.2, -0.15) is 0 Å². The van der Waals surface area contributed by atoms with Gasteiger partial charge in [0, 0.05) is 5.97 Å². The van der Waals surface area contributed by atoms with Gasteiger partial charge in [0.1, 0.15) is 0 Å². The third-order valence-corrected chi connectivity index (χ3v) is 0.667. The molecule has 62 valence electrons. The summed E-state index contributed by atoms with van der Waals surface area (Å²) < 4.78 is 0. The van der Waals surface area contributed by atoms with E-state index in [4.69, 9.17) is 9.90 Å². The van der Waals surface area contributed by atoms with Crippen molar-refractivity contribution in [3.63, 3.8) is 0 Å². The van der Waals surface area contributed by atoms with Crippen LogP contribution in [0.2, 0.25) is 0 Å². The lowest BCUT2D eigenvalue weighted by Crippen LogP contribution is -3.00. The molecule has 1 aromatic rings. The lowest BCUT2D eigenvalue weighted by Gasteiger charge is -1.77. The van der Waals surface area contributed by atoms with Gasteiger partial charge in [0.15, 0.2) is 0 Å². The van der Waals surface area contributed by atoms with Crippen LogP contribution >= 0.6 is 0 Å². The van der Waals surface area contributed by atoms with Crippen molar-refractivity contribution < 1.29 is 33.9 Å². The lowest BCUT2D eigenvalue weighted by atomic mass is 10.4. The number of aliphatic carboxylic acids is 1. The number of rotatable bonds is 0. The fourth-order valence-corrected chi connectivity index (χ4v) is 0.385. The monoisotopic (exact) mass is 266 g/mol. The van der Waals surface area contributed by atoms with Gasteiger partial charge < -0.3 is 9.90 Å². The summed E-state index contributed by atoms with van der Waals surface area (Å²) in [6.07, 6.45) is 0. The summed E-state index contributed by atoms with van der Waals surface area (Å²) in [6.45, 7) is 0.972. The van der Waals surface area contributed by atoms with E-state index in [9.17, 15) is 0 Å². The van der Waals surface area contributed by atoms with Gasteiger partial charge >= 0.3 is 0 Å². The van der Waals surface area contributed by atoms with Gasteiger partial charge in [-0.15, -0.1) is 0 Å². The minimum Gasteiger partial charge on any atom is -0.550 e. The Bertz CT molecular complexity index is 144. The molecule has 3 heteroatoms. The summed E-state index contributed by atoms with van der Waals surface area (Å²) in [4.78, 5) is 8.89. The van der Waals surface area contributed by atoms with E-state index in [0.717, 1.165) is 6.92 Å². The lowest BCUT2D eigenvalue weighted by molar-refractivity contribution is -0.302. The van der Waals surface area contributed by atoms with E-state index >= 15 is 0 Å². The Kier molecular flexibility index (Phi) is 11.2. The van der Waals surface area contributed by atoms with Crippen molar-refractivity contribution in [3.05, 3.63) is 36.4 Å². The molecule has 0 atom stereocenters. The van der Waals surface area contributed by atoms with Crippen LogP contribution in [-0.2, 0) is 4.79 Å². The van der Waals surface area contributed by atoms with Crippen LogP contribution < -0.4 is 29.1 Å². The van der Waals surface area contributed by atoms with Gasteiger partial charge in [0.05, 0.1) is 0 Å². The molecule has 0 unspecified atom stereocenters. The number of carbonyl (C=O) groups excluding carboxylic acids is 1. The van der Waals surface area contributed by atoms with E-state index in [1.54, 1.807) is 0 Å². The molecular weight excluding hydrogens is 255 g/mol. The van der Waals surface area contributed by atoms with Crippen LogP contribution in [0, 0.1) is 0 Å². The number of halogens is 1. The van der Waals surface area contributed by atoms with Crippen LogP contribution in [0.25, 0.3) is 0 Å². The van der Waals surface area contributed by atoms with Crippen LogP contribution in [0.5, 0.6) is 0 Å². The summed E-state index contributed by atoms with van der Waals surface area (Å²) in [5.74, 6) is -1.08. The van der Waals surface area contributed by atoms with Crippen molar-refractivity contribution in [2.45, 2.75) is 6.92 Å². The summed E-state index contributed by atoms with van der Waals surface area (Å²) >= 11 is 0. The number of carbonyl (C=O) groups is 1. The van der Waals surface area contributed by atoms with Crippen molar-refractivity contribution in [1.29, 1.82) is 0 Å². The maximum atomic E-state index is 8.89. The Hall–Kier alpha value is -0.580. The maximum absolute atomic E-state index is 8.89. The second-order valence-electron chi connectivity index (χ2n) is 1.65. The largest absolute Gasteiger partial charge is 0.550 e. The molecule has 0 spiro atoms. The third-order valence-electron chi connectivity index (χ3n) is 0.667. The molecule has 0 aliphatic rings. The third kappa shape index (κ3) is 17.7. The van der Waals surface area contributed by atoms with E-state index < -0.39 is 5.97 Å². The predicted octanol–water partition coefficient (Wildman–Crippen LogP) is -3.09. The van der Waals surface area contributed by atoms with Crippen molar-refractivity contribution >= 4 is 5.97 Å². The topological polar surface area (TPSA) is 40.1 Å². The molecule has 0 fully saturated rings. The Labute approximate surface area is 83.3 Å². The number of hydrogen-bond donors (Lipinski definition) is 0. The molecule has 0 radical (unpaired) electrons. The van der Waals surface area contributed by atoms with Gasteiger partial charge in [-0.25, -0.2) is 0 Å². The van der Waals surface area contributed by atoms with Crippen LogP contribution in [0.4, 0.5) is 0 Å². The fourth-order valence-electron chi connectivity index (χ4n) is 0.385. The summed E-state index contributed by atoms with van der Waals surface area (Å²) in [5.41, 5.74) is 0. The molecule has 0 saturated heterocycles. The Balaban J connectivity index is 0. The minimum absolute atomic E-state index is 0. The van der Waals surface area contributed by atoms with Crippen LogP contribution in [-0.4, -0.2) is 5.97 Å². The highest BCUT2D eigenvalue weighted by atomic mass is 127. The number of carboxylic acids is 1. The van der Waals surface area contributed by atoms with E-state index in [1.165, 1.54) is 0 Å². The second-order valence-corrected chi connectivity index (χ2v) is 1.65. The van der Waals surface area contributed by atoms with Gasteiger partial charge in [-0.05, 0) is 6.92 Å². The van der Waals surface area contributed by atoms with E-state index in [-0.39, 0.29) is 24.0 Å². The first-order valence-corrected chi connectivity index (χ1v) is 2.91. The highest BCUT2D eigenvalue weighted by Crippen LogP contribution is 1.79. The summed E-state index contributed by atoms with van der Waals surface area (Å²) in [5, 5.41) is 8.89. The quantitative estimate of drug-likeness (QED) is 0.467. The van der Waals surface area contributed by atoms with E-state index in [0.29, 0.717) is 0 Å². The predicted molar refractivity (Wildman–Crippen MR) is 39.9 cm³/mol. The molecule has 11 heavy (non-hydrogen) atoms. The Morgan fingerprint density at radius 1 is 1.00 bits per heavy atom. The van der Waals surface area contributed by atoms with E-state index in [2.05, 4.69) is 0 Å². The van der Waals surface area contributed by atoms with Gasteiger partial charge in [-0.3, -0.25) is 0 Å². The van der Waals surface area contributed by atoms with Crippen molar-refractivity contribution in [2.75, 3.05) is 0 Å². The summed E-state index contributed by atoms with van der Waals surface area (Å²) in [7, 11) is 0. The molecule has 0 amide bonds. The van der Waals surface area contributed by atoms with Crippen LogP contribution in [0.1, 0.15) is 6.92 Å². The maximum Gasteiger partial charge on any atom is 0.235 e. The number of benzene rings is 1. The van der Waals surface area contributed by atoms with Crippen molar-refractivity contribution in [3.8, 4) is 0 Å². The standard InChI is InChI=1S/C6H6.C2H4O2.H2I/c1-2-4-6-5-3-1;1-2(3)4;/h1-6H;1H3,(H,3,4);1H2/q;;+1/p-1. The Morgan fingerprint density at radius 3 is 1.18 bits per heavy atom. The fraction of sp³-hybridized carbons (Fsp3) is 0.125. The minimum atomic E-state index is -1.08. The molecule has 0 bridgehead atoms. The van der Waals surface area contributed by atoms with Gasteiger partial charge in [0.25, 0.3) is 0 Å². The van der Waals surface area contributed by atoms with Crippen molar-refractivity contribution in [1.82, 2.24) is 0 Å². The highest BCUT2D eigenvalue weighted by Gasteiger charge is 1.57. The average Bonchev–Trinajstić information content (AvgIpc) is 1.90. The molecule has 2 nitrogen and oxygen atoms in total. The number of carboxylic acid groups (broad SMARTS) is 1. The summed E-state index contributed by atoms with van der Waals surface area (Å²) in [6, 6.07) is 12.0. The molecule has 0 N–H and O–H groups in total. The average molecular weight is 266 g/mol. The van der Waals surface area contributed by atoms with Gasteiger partial charge in [-0.1, -0.05) is 36.4 Å². The van der Waals surface area contributed by atoms with Crippen LogP contribution in [0.3, 0.4) is 0 Å². The highest BCUT2D eigenvalue weighted by molar-refractivity contribution is 5.60. The molecule has 1 rings (SSSR count). The second kappa shape index (κ2) is 9.42. The smallest absolute Gasteiger partial charge is 0.235 e. The molecule has 1 aromatic carbocycles.